The van der Waals surface area contributed by atoms with Gasteiger partial charge in [0.2, 0.25) is 11.8 Å². The zero-order valence-corrected chi connectivity index (χ0v) is 14.7. The largest absolute Gasteiger partial charge is 0.418 e. The van der Waals surface area contributed by atoms with Crippen LogP contribution in [0.4, 0.5) is 24.5 Å². The van der Waals surface area contributed by atoms with Crippen molar-refractivity contribution in [3.8, 4) is 11.6 Å². The topological polar surface area (TPSA) is 116 Å². The van der Waals surface area contributed by atoms with Crippen molar-refractivity contribution in [1.29, 1.82) is 0 Å². The van der Waals surface area contributed by atoms with Crippen molar-refractivity contribution in [3.63, 3.8) is 0 Å². The van der Waals surface area contributed by atoms with Crippen LogP contribution in [0.1, 0.15) is 11.5 Å². The molecule has 0 unspecified atom stereocenters. The van der Waals surface area contributed by atoms with Crippen LogP contribution in [-0.4, -0.2) is 34.3 Å². The summed E-state index contributed by atoms with van der Waals surface area (Å²) in [5.41, 5.74) is 4.62. The van der Waals surface area contributed by atoms with Gasteiger partial charge in [-0.05, 0) is 36.4 Å². The zero-order chi connectivity index (χ0) is 20.6. The maximum absolute atomic E-state index is 12.7. The van der Waals surface area contributed by atoms with E-state index in [9.17, 15) is 18.0 Å². The van der Waals surface area contributed by atoms with E-state index in [4.69, 9.17) is 14.9 Å². The number of nitrogens with zero attached hydrogens (tertiary/aromatic N) is 3. The quantitative estimate of drug-likeness (QED) is 0.670. The highest BCUT2D eigenvalue weighted by molar-refractivity contribution is 5.87. The number of ether oxygens (including phenoxy) is 1. The summed E-state index contributed by atoms with van der Waals surface area (Å²) in [5.74, 6) is -0.581. The summed E-state index contributed by atoms with van der Waals surface area (Å²) in [4.78, 5) is 16.0. The second-order valence-corrected chi connectivity index (χ2v) is 6.45. The average Bonchev–Trinajstić information content (AvgIpc) is 3.10. The van der Waals surface area contributed by atoms with Gasteiger partial charge in [0.25, 0.3) is 5.89 Å². The third-order valence-electron chi connectivity index (χ3n) is 4.50. The van der Waals surface area contributed by atoms with E-state index in [0.717, 1.165) is 12.1 Å². The van der Waals surface area contributed by atoms with Gasteiger partial charge in [-0.15, -0.1) is 10.2 Å². The molecule has 3 N–H and O–H groups in total. The molecular formula is C18H14F3N5O3. The molecule has 2 aromatic heterocycles. The van der Waals surface area contributed by atoms with Crippen LogP contribution in [-0.2, 0) is 21.1 Å². The van der Waals surface area contributed by atoms with Gasteiger partial charge in [-0.3, -0.25) is 4.79 Å². The Morgan fingerprint density at radius 1 is 1.14 bits per heavy atom. The fourth-order valence-corrected chi connectivity index (χ4v) is 2.76. The zero-order valence-electron chi connectivity index (χ0n) is 14.7. The first-order valence-corrected chi connectivity index (χ1v) is 8.41. The third kappa shape index (κ3) is 3.40. The van der Waals surface area contributed by atoms with Crippen LogP contribution >= 0.6 is 0 Å². The Hall–Kier alpha value is -3.47. The van der Waals surface area contributed by atoms with Gasteiger partial charge in [-0.2, -0.15) is 13.2 Å². The fourth-order valence-electron chi connectivity index (χ4n) is 2.76. The number of carbonyl (C=O) groups excluding carboxylic acids is 1. The van der Waals surface area contributed by atoms with Gasteiger partial charge < -0.3 is 20.2 Å². The molecule has 0 spiro atoms. The molecule has 3 heterocycles. The Morgan fingerprint density at radius 2 is 1.86 bits per heavy atom. The summed E-state index contributed by atoms with van der Waals surface area (Å²) in [7, 11) is 0. The fraction of sp³-hybridized carbons (Fsp3) is 0.222. The predicted molar refractivity (Wildman–Crippen MR) is 93.9 cm³/mol. The highest BCUT2D eigenvalue weighted by atomic mass is 19.4. The van der Waals surface area contributed by atoms with E-state index >= 15 is 0 Å². The lowest BCUT2D eigenvalue weighted by Crippen LogP contribution is -2.56. The van der Waals surface area contributed by atoms with E-state index in [2.05, 4.69) is 20.5 Å². The van der Waals surface area contributed by atoms with Crippen molar-refractivity contribution in [2.45, 2.75) is 11.6 Å². The summed E-state index contributed by atoms with van der Waals surface area (Å²) >= 11 is 0. The first-order valence-electron chi connectivity index (χ1n) is 8.41. The van der Waals surface area contributed by atoms with Crippen molar-refractivity contribution in [2.75, 3.05) is 18.5 Å². The summed E-state index contributed by atoms with van der Waals surface area (Å²) in [6, 6.07) is 7.82. The molecule has 8 nitrogen and oxygen atoms in total. The van der Waals surface area contributed by atoms with Crippen LogP contribution in [0.15, 0.2) is 47.0 Å². The van der Waals surface area contributed by atoms with Crippen molar-refractivity contribution >= 4 is 17.3 Å². The Bertz CT molecular complexity index is 1050. The molecule has 0 radical (unpaired) electrons. The molecule has 1 aliphatic rings. The Balaban J connectivity index is 1.62. The van der Waals surface area contributed by atoms with Gasteiger partial charge in [-0.1, -0.05) is 0 Å². The smallest absolute Gasteiger partial charge is 0.416 e. The number of benzene rings is 1. The summed E-state index contributed by atoms with van der Waals surface area (Å²) in [6.07, 6.45) is -2.92. The van der Waals surface area contributed by atoms with Crippen LogP contribution in [0, 0.1) is 0 Å². The summed E-state index contributed by atoms with van der Waals surface area (Å²) in [6.45, 7) is 0.0890. The van der Waals surface area contributed by atoms with Crippen molar-refractivity contribution in [3.05, 3.63) is 54.0 Å². The highest BCUT2D eigenvalue weighted by Gasteiger charge is 2.51. The van der Waals surface area contributed by atoms with Crippen LogP contribution < -0.4 is 11.1 Å². The first-order chi connectivity index (χ1) is 13.8. The number of carbonyl (C=O) groups is 1. The molecule has 1 saturated heterocycles. The third-order valence-corrected chi connectivity index (χ3v) is 4.50. The lowest BCUT2D eigenvalue weighted by molar-refractivity contribution is -0.144. The standard InChI is InChI=1S/C18H14F3N5O3/c19-18(20,21)10-3-5-11(6-4-10)24-12-2-1-7-23-13(12)14-25-26-16(29-14)17(15(22)27)8-28-9-17/h1-7,24H,8-9H2,(H2,22,27). The number of nitrogens with two attached hydrogens (primary N) is 1. The van der Waals surface area contributed by atoms with Gasteiger partial charge in [0.1, 0.15) is 0 Å². The molecule has 1 aliphatic heterocycles. The molecule has 4 rings (SSSR count). The minimum absolute atomic E-state index is 0.0254. The maximum Gasteiger partial charge on any atom is 0.416 e. The number of halogens is 3. The van der Waals surface area contributed by atoms with E-state index in [-0.39, 0.29) is 30.7 Å². The Morgan fingerprint density at radius 3 is 2.45 bits per heavy atom. The normalized spacial score (nSPS) is 15.6. The number of hydrogen-bond acceptors (Lipinski definition) is 7. The van der Waals surface area contributed by atoms with Crippen LogP contribution in [0.2, 0.25) is 0 Å². The Labute approximate surface area is 161 Å². The number of amides is 1. The molecule has 11 heteroatoms. The average molecular weight is 405 g/mol. The minimum atomic E-state index is -4.42. The van der Waals surface area contributed by atoms with Gasteiger partial charge >= 0.3 is 6.18 Å². The second kappa shape index (κ2) is 6.85. The molecule has 0 aliphatic carbocycles. The molecule has 0 bridgehead atoms. The lowest BCUT2D eigenvalue weighted by Gasteiger charge is -2.34. The number of aromatic nitrogens is 3. The summed E-state index contributed by atoms with van der Waals surface area (Å²) < 4.78 is 48.9. The molecule has 1 fully saturated rings. The number of rotatable bonds is 5. The van der Waals surface area contributed by atoms with Crippen LogP contribution in [0.25, 0.3) is 11.6 Å². The van der Waals surface area contributed by atoms with Crippen LogP contribution in [0.5, 0.6) is 0 Å². The number of primary amides is 1. The molecule has 0 atom stereocenters. The molecule has 1 aromatic carbocycles. The van der Waals surface area contributed by atoms with E-state index in [1.807, 2.05) is 0 Å². The van der Waals surface area contributed by atoms with Crippen molar-refractivity contribution in [1.82, 2.24) is 15.2 Å². The number of pyridine rings is 1. The molecule has 150 valence electrons. The molecule has 29 heavy (non-hydrogen) atoms. The van der Waals surface area contributed by atoms with E-state index < -0.39 is 23.1 Å². The maximum atomic E-state index is 12.7. The number of hydrogen-bond donors (Lipinski definition) is 2. The van der Waals surface area contributed by atoms with E-state index in [1.54, 1.807) is 12.1 Å². The molecule has 3 aromatic rings. The minimum Gasteiger partial charge on any atom is -0.418 e. The van der Waals surface area contributed by atoms with Gasteiger partial charge in [-0.25, -0.2) is 4.98 Å². The van der Waals surface area contributed by atoms with Crippen molar-refractivity contribution < 1.29 is 27.1 Å². The lowest BCUT2D eigenvalue weighted by atomic mass is 9.85. The van der Waals surface area contributed by atoms with E-state index in [0.29, 0.717) is 11.4 Å². The van der Waals surface area contributed by atoms with Crippen LogP contribution in [0.3, 0.4) is 0 Å². The summed E-state index contributed by atoms with van der Waals surface area (Å²) in [5, 5.41) is 10.8. The van der Waals surface area contributed by atoms with Crippen molar-refractivity contribution in [2.24, 2.45) is 5.73 Å². The monoisotopic (exact) mass is 405 g/mol. The predicted octanol–water partition coefficient (Wildman–Crippen LogP) is 2.65. The number of alkyl halides is 3. The van der Waals surface area contributed by atoms with Gasteiger partial charge in [0, 0.05) is 11.9 Å². The SMILES string of the molecule is NC(=O)C1(c2nnc(-c3ncccc3Nc3ccc(C(F)(F)F)cc3)o2)COC1. The van der Waals surface area contributed by atoms with Gasteiger partial charge in [0.05, 0.1) is 24.5 Å². The first kappa shape index (κ1) is 18.9. The number of nitrogens with one attached hydrogen (secondary N) is 1. The van der Waals surface area contributed by atoms with E-state index in [1.165, 1.54) is 18.3 Å². The molecule has 0 saturated carbocycles. The highest BCUT2D eigenvalue weighted by Crippen LogP contribution is 2.35. The van der Waals surface area contributed by atoms with Gasteiger partial charge in [0.15, 0.2) is 11.1 Å². The Kier molecular flexibility index (Phi) is 4.46. The number of anilines is 2. The second-order valence-electron chi connectivity index (χ2n) is 6.45. The molecule has 1 amide bonds. The molecular weight excluding hydrogens is 391 g/mol.